The van der Waals surface area contributed by atoms with Crippen molar-refractivity contribution in [2.24, 2.45) is 17.3 Å². The summed E-state index contributed by atoms with van der Waals surface area (Å²) in [5.74, 6) is -0.999. The molecule has 0 aromatic carbocycles. The lowest BCUT2D eigenvalue weighted by atomic mass is 9.53. The normalized spacial score (nSPS) is 23.3. The molecule has 8 heteroatoms. The highest BCUT2D eigenvalue weighted by molar-refractivity contribution is 5.89. The van der Waals surface area contributed by atoms with Gasteiger partial charge in [0.1, 0.15) is 6.33 Å². The molecule has 2 amide bonds. The molecular formula is C16H21N5O3. The average molecular weight is 331 g/mol. The number of aromatic nitrogens is 3. The third kappa shape index (κ3) is 2.79. The lowest BCUT2D eigenvalue weighted by molar-refractivity contribution is -0.160. The number of pyridine rings is 1. The standard InChI is InChI=1S/C16H21N5O3/c1-9(11-6-12(14(22)23)16(11,2)3)19-15(24)20-10-4-5-13-17-8-18-21(13)7-10/h4-5,7-9,11-12H,6H2,1-3H3,(H,22,23)(H2,19,20,24)/t9?,11-,12+/m0/s1. The van der Waals surface area contributed by atoms with E-state index in [9.17, 15) is 14.7 Å². The monoisotopic (exact) mass is 331 g/mol. The van der Waals surface area contributed by atoms with Crippen LogP contribution in [0, 0.1) is 17.3 Å². The van der Waals surface area contributed by atoms with Crippen LogP contribution in [0.2, 0.25) is 0 Å². The SMILES string of the molecule is CC(NC(=O)Nc1ccc2ncnn2c1)[C@@H]1C[C@H](C(=O)O)C1(C)C. The molecular weight excluding hydrogens is 310 g/mol. The molecule has 1 aliphatic rings. The Bertz CT molecular complexity index is 785. The number of anilines is 1. The molecule has 1 fully saturated rings. The van der Waals surface area contributed by atoms with Gasteiger partial charge in [0.05, 0.1) is 17.8 Å². The van der Waals surface area contributed by atoms with Crippen LogP contribution in [0.25, 0.3) is 5.65 Å². The Hall–Kier alpha value is -2.64. The lowest BCUT2D eigenvalue weighted by Gasteiger charge is -2.52. The second-order valence-corrected chi connectivity index (χ2v) is 6.92. The minimum atomic E-state index is -0.769. The number of carboxylic acids is 1. The maximum atomic E-state index is 12.2. The number of carboxylic acid groups (broad SMARTS) is 1. The smallest absolute Gasteiger partial charge is 0.319 e. The van der Waals surface area contributed by atoms with E-state index in [1.54, 1.807) is 22.8 Å². The first kappa shape index (κ1) is 16.2. The number of nitrogens with zero attached hydrogens (tertiary/aromatic N) is 3. The highest BCUT2D eigenvalue weighted by Crippen LogP contribution is 2.52. The zero-order valence-electron chi connectivity index (χ0n) is 13.9. The van der Waals surface area contributed by atoms with Crippen LogP contribution in [-0.2, 0) is 4.79 Å². The molecule has 1 aliphatic carbocycles. The van der Waals surface area contributed by atoms with Gasteiger partial charge in [-0.25, -0.2) is 14.3 Å². The summed E-state index contributed by atoms with van der Waals surface area (Å²) < 4.78 is 1.57. The van der Waals surface area contributed by atoms with Crippen LogP contribution >= 0.6 is 0 Å². The number of hydrogen-bond donors (Lipinski definition) is 3. The second kappa shape index (κ2) is 5.77. The number of hydrogen-bond acceptors (Lipinski definition) is 4. The van der Waals surface area contributed by atoms with E-state index in [1.807, 2.05) is 20.8 Å². The van der Waals surface area contributed by atoms with Crippen LogP contribution in [0.1, 0.15) is 27.2 Å². The molecule has 0 aliphatic heterocycles. The number of aliphatic carboxylic acids is 1. The van der Waals surface area contributed by atoms with Gasteiger partial charge in [-0.05, 0) is 36.8 Å². The van der Waals surface area contributed by atoms with Crippen molar-refractivity contribution in [2.75, 3.05) is 5.32 Å². The molecule has 1 saturated carbocycles. The number of rotatable bonds is 4. The topological polar surface area (TPSA) is 109 Å². The molecule has 1 unspecified atom stereocenters. The van der Waals surface area contributed by atoms with Crippen LogP contribution in [0.5, 0.6) is 0 Å². The molecule has 2 aromatic rings. The minimum Gasteiger partial charge on any atom is -0.481 e. The highest BCUT2D eigenvalue weighted by Gasteiger charge is 2.53. The number of carbonyl (C=O) groups is 2. The molecule has 2 aromatic heterocycles. The molecule has 128 valence electrons. The first-order chi connectivity index (χ1) is 11.3. The molecule has 0 spiro atoms. The van der Waals surface area contributed by atoms with Gasteiger partial charge in [-0.2, -0.15) is 5.10 Å². The fourth-order valence-electron chi connectivity index (χ4n) is 3.59. The van der Waals surface area contributed by atoms with Gasteiger partial charge < -0.3 is 15.7 Å². The number of amides is 2. The summed E-state index contributed by atoms with van der Waals surface area (Å²) in [7, 11) is 0. The second-order valence-electron chi connectivity index (χ2n) is 6.92. The summed E-state index contributed by atoms with van der Waals surface area (Å²) in [5.41, 5.74) is 0.970. The summed E-state index contributed by atoms with van der Waals surface area (Å²) in [6.45, 7) is 5.79. The van der Waals surface area contributed by atoms with E-state index in [0.29, 0.717) is 17.8 Å². The molecule has 0 saturated heterocycles. The highest BCUT2D eigenvalue weighted by atomic mass is 16.4. The molecule has 8 nitrogen and oxygen atoms in total. The predicted octanol–water partition coefficient (Wildman–Crippen LogP) is 1.99. The zero-order valence-corrected chi connectivity index (χ0v) is 13.9. The number of urea groups is 1. The van der Waals surface area contributed by atoms with Crippen molar-refractivity contribution in [1.82, 2.24) is 19.9 Å². The van der Waals surface area contributed by atoms with Crippen molar-refractivity contribution in [2.45, 2.75) is 33.2 Å². The van der Waals surface area contributed by atoms with Crippen molar-refractivity contribution in [3.05, 3.63) is 24.7 Å². The fourth-order valence-corrected chi connectivity index (χ4v) is 3.59. The van der Waals surface area contributed by atoms with Crippen LogP contribution in [-0.4, -0.2) is 37.7 Å². The zero-order chi connectivity index (χ0) is 17.5. The van der Waals surface area contributed by atoms with Crippen molar-refractivity contribution < 1.29 is 14.7 Å². The average Bonchev–Trinajstić information content (AvgIpc) is 2.92. The molecule has 24 heavy (non-hydrogen) atoms. The quantitative estimate of drug-likeness (QED) is 0.794. The Morgan fingerprint density at radius 3 is 2.83 bits per heavy atom. The summed E-state index contributed by atoms with van der Waals surface area (Å²) in [6, 6.07) is 3.07. The van der Waals surface area contributed by atoms with Gasteiger partial charge in [0.2, 0.25) is 0 Å². The van der Waals surface area contributed by atoms with Gasteiger partial charge >= 0.3 is 12.0 Å². The van der Waals surface area contributed by atoms with E-state index in [-0.39, 0.29) is 29.3 Å². The summed E-state index contributed by atoms with van der Waals surface area (Å²) in [6.07, 6.45) is 3.70. The fraction of sp³-hybridized carbons (Fsp3) is 0.500. The molecule has 0 bridgehead atoms. The first-order valence-corrected chi connectivity index (χ1v) is 7.88. The third-order valence-electron chi connectivity index (χ3n) is 5.14. The largest absolute Gasteiger partial charge is 0.481 e. The van der Waals surface area contributed by atoms with Crippen LogP contribution < -0.4 is 10.6 Å². The number of nitrogens with one attached hydrogen (secondary N) is 2. The van der Waals surface area contributed by atoms with E-state index in [0.717, 1.165) is 0 Å². The van der Waals surface area contributed by atoms with Crippen LogP contribution in [0.4, 0.5) is 10.5 Å². The van der Waals surface area contributed by atoms with E-state index < -0.39 is 5.97 Å². The Kier molecular flexibility index (Phi) is 3.90. The van der Waals surface area contributed by atoms with Crippen LogP contribution in [0.15, 0.2) is 24.7 Å². The van der Waals surface area contributed by atoms with E-state index >= 15 is 0 Å². The van der Waals surface area contributed by atoms with Gasteiger partial charge in [-0.3, -0.25) is 4.79 Å². The van der Waals surface area contributed by atoms with E-state index in [2.05, 4.69) is 20.7 Å². The van der Waals surface area contributed by atoms with Crippen LogP contribution in [0.3, 0.4) is 0 Å². The number of fused-ring (bicyclic) bond motifs is 1. The Morgan fingerprint density at radius 2 is 2.17 bits per heavy atom. The molecule has 3 atom stereocenters. The van der Waals surface area contributed by atoms with Gasteiger partial charge in [0.15, 0.2) is 5.65 Å². The summed E-state index contributed by atoms with van der Waals surface area (Å²) >= 11 is 0. The minimum absolute atomic E-state index is 0.120. The maximum Gasteiger partial charge on any atom is 0.319 e. The predicted molar refractivity (Wildman–Crippen MR) is 87.6 cm³/mol. The Labute approximate surface area is 139 Å². The molecule has 2 heterocycles. The summed E-state index contributed by atoms with van der Waals surface area (Å²) in [4.78, 5) is 27.4. The van der Waals surface area contributed by atoms with Gasteiger partial charge in [0, 0.05) is 6.04 Å². The maximum absolute atomic E-state index is 12.2. The van der Waals surface area contributed by atoms with Crippen molar-refractivity contribution in [3.8, 4) is 0 Å². The lowest BCUT2D eigenvalue weighted by Crippen LogP contribution is -2.57. The van der Waals surface area contributed by atoms with Crippen molar-refractivity contribution in [1.29, 1.82) is 0 Å². The first-order valence-electron chi connectivity index (χ1n) is 7.88. The van der Waals surface area contributed by atoms with Crippen molar-refractivity contribution >= 4 is 23.3 Å². The molecule has 3 rings (SSSR count). The Balaban J connectivity index is 1.59. The van der Waals surface area contributed by atoms with E-state index in [1.165, 1.54) is 6.33 Å². The van der Waals surface area contributed by atoms with Crippen molar-refractivity contribution in [3.63, 3.8) is 0 Å². The molecule has 3 N–H and O–H groups in total. The van der Waals surface area contributed by atoms with Gasteiger partial charge in [0.25, 0.3) is 0 Å². The molecule has 0 radical (unpaired) electrons. The van der Waals surface area contributed by atoms with E-state index in [4.69, 9.17) is 0 Å². The van der Waals surface area contributed by atoms with Gasteiger partial charge in [-0.1, -0.05) is 13.8 Å². The third-order valence-corrected chi connectivity index (χ3v) is 5.14. The Morgan fingerprint density at radius 1 is 1.42 bits per heavy atom. The number of carbonyl (C=O) groups excluding carboxylic acids is 1. The van der Waals surface area contributed by atoms with Gasteiger partial charge in [-0.15, -0.1) is 0 Å². The summed E-state index contributed by atoms with van der Waals surface area (Å²) in [5, 5.41) is 18.9.